The second-order valence-corrected chi connectivity index (χ2v) is 7.44. The Labute approximate surface area is 139 Å². The van der Waals surface area contributed by atoms with E-state index in [9.17, 15) is 0 Å². The molecule has 2 aliphatic rings. The molecule has 122 valence electrons. The van der Waals surface area contributed by atoms with Crippen LogP contribution in [0.15, 0.2) is 24.3 Å². The summed E-state index contributed by atoms with van der Waals surface area (Å²) in [6, 6.07) is 8.55. The van der Waals surface area contributed by atoms with Gasteiger partial charge in [0.05, 0.1) is 6.61 Å². The van der Waals surface area contributed by atoms with Crippen molar-refractivity contribution >= 4 is 11.8 Å². The van der Waals surface area contributed by atoms with Crippen LogP contribution in [0.5, 0.6) is 5.75 Å². The van der Waals surface area contributed by atoms with Crippen molar-refractivity contribution in [2.75, 3.05) is 57.9 Å². The number of thioether (sulfide) groups is 1. The van der Waals surface area contributed by atoms with Crippen LogP contribution in [0.3, 0.4) is 0 Å². The highest BCUT2D eigenvalue weighted by atomic mass is 32.2. The van der Waals surface area contributed by atoms with E-state index in [2.05, 4.69) is 40.3 Å². The standard InChI is InChI=1S/C18H28N2OS/c1-22-13-11-19-7-9-20(10-8-19)15-16-6-12-21-18-5-3-2-4-17(18)14-16/h2-5,16H,6-15H2,1H3/t16-/m0/s1. The number of hydrogen-bond donors (Lipinski definition) is 0. The Morgan fingerprint density at radius 1 is 1.14 bits per heavy atom. The van der Waals surface area contributed by atoms with Crippen LogP contribution in [0.4, 0.5) is 0 Å². The van der Waals surface area contributed by atoms with Crippen LogP contribution in [0.1, 0.15) is 12.0 Å². The second-order valence-electron chi connectivity index (χ2n) is 6.45. The molecule has 0 N–H and O–H groups in total. The fourth-order valence-electron chi connectivity index (χ4n) is 3.50. The summed E-state index contributed by atoms with van der Waals surface area (Å²) in [6.45, 7) is 8.28. The molecule has 4 heteroatoms. The van der Waals surface area contributed by atoms with Crippen molar-refractivity contribution in [2.45, 2.75) is 12.8 Å². The van der Waals surface area contributed by atoms with E-state index in [1.54, 1.807) is 0 Å². The summed E-state index contributed by atoms with van der Waals surface area (Å²) >= 11 is 1.95. The maximum atomic E-state index is 5.90. The Kier molecular flexibility index (Phi) is 6.04. The molecule has 0 aromatic heterocycles. The summed E-state index contributed by atoms with van der Waals surface area (Å²) in [5.74, 6) is 3.10. The molecule has 0 aliphatic carbocycles. The van der Waals surface area contributed by atoms with E-state index in [1.165, 1.54) is 63.4 Å². The van der Waals surface area contributed by atoms with E-state index in [0.717, 1.165) is 18.3 Å². The van der Waals surface area contributed by atoms with E-state index < -0.39 is 0 Å². The Morgan fingerprint density at radius 3 is 2.73 bits per heavy atom. The third-order valence-corrected chi connectivity index (χ3v) is 5.45. The summed E-state index contributed by atoms with van der Waals surface area (Å²) < 4.78 is 5.90. The van der Waals surface area contributed by atoms with Crippen LogP contribution in [0.2, 0.25) is 0 Å². The van der Waals surface area contributed by atoms with Gasteiger partial charge in [0, 0.05) is 45.0 Å². The van der Waals surface area contributed by atoms with E-state index in [0.29, 0.717) is 0 Å². The molecule has 3 nitrogen and oxygen atoms in total. The molecule has 1 atom stereocenters. The molecular weight excluding hydrogens is 292 g/mol. The third kappa shape index (κ3) is 4.40. The number of ether oxygens (including phenoxy) is 1. The molecule has 3 rings (SSSR count). The Hall–Kier alpha value is -0.710. The second kappa shape index (κ2) is 8.23. The molecule has 22 heavy (non-hydrogen) atoms. The fraction of sp³-hybridized carbons (Fsp3) is 0.667. The van der Waals surface area contributed by atoms with Crippen LogP contribution < -0.4 is 4.74 Å². The van der Waals surface area contributed by atoms with E-state index in [-0.39, 0.29) is 0 Å². The fourth-order valence-corrected chi connectivity index (χ4v) is 3.94. The number of benzene rings is 1. The SMILES string of the molecule is CSCCN1CCN(C[C@H]2CCOc3ccccc3C2)CC1. The first kappa shape index (κ1) is 16.2. The summed E-state index contributed by atoms with van der Waals surface area (Å²) in [7, 11) is 0. The number of nitrogens with zero attached hydrogens (tertiary/aromatic N) is 2. The number of fused-ring (bicyclic) bond motifs is 1. The van der Waals surface area contributed by atoms with Crippen molar-refractivity contribution in [3.8, 4) is 5.75 Å². The molecule has 0 spiro atoms. The van der Waals surface area contributed by atoms with E-state index >= 15 is 0 Å². The van der Waals surface area contributed by atoms with Crippen LogP contribution in [-0.4, -0.2) is 67.7 Å². The maximum Gasteiger partial charge on any atom is 0.122 e. The van der Waals surface area contributed by atoms with Crippen molar-refractivity contribution in [1.29, 1.82) is 0 Å². The van der Waals surface area contributed by atoms with Crippen molar-refractivity contribution in [3.63, 3.8) is 0 Å². The zero-order chi connectivity index (χ0) is 15.2. The minimum Gasteiger partial charge on any atom is -0.493 e. The van der Waals surface area contributed by atoms with Gasteiger partial charge >= 0.3 is 0 Å². The Bertz CT molecular complexity index is 460. The van der Waals surface area contributed by atoms with E-state index in [4.69, 9.17) is 4.74 Å². The lowest BCUT2D eigenvalue weighted by Crippen LogP contribution is -2.48. The van der Waals surface area contributed by atoms with Gasteiger partial charge in [-0.15, -0.1) is 0 Å². The molecule has 0 bridgehead atoms. The van der Waals surface area contributed by atoms with Gasteiger partial charge in [0.25, 0.3) is 0 Å². The lowest BCUT2D eigenvalue weighted by atomic mass is 9.96. The zero-order valence-electron chi connectivity index (χ0n) is 13.7. The largest absolute Gasteiger partial charge is 0.493 e. The first-order chi connectivity index (χ1) is 10.8. The first-order valence-corrected chi connectivity index (χ1v) is 9.89. The third-order valence-electron chi connectivity index (χ3n) is 4.86. The number of piperazine rings is 1. The number of rotatable bonds is 5. The molecule has 1 aromatic rings. The van der Waals surface area contributed by atoms with Gasteiger partial charge in [0.2, 0.25) is 0 Å². The Morgan fingerprint density at radius 2 is 1.91 bits per heavy atom. The van der Waals surface area contributed by atoms with Crippen molar-refractivity contribution < 1.29 is 4.74 Å². The van der Waals surface area contributed by atoms with Crippen molar-refractivity contribution in [3.05, 3.63) is 29.8 Å². The van der Waals surface area contributed by atoms with Gasteiger partial charge in [-0.2, -0.15) is 11.8 Å². The number of hydrogen-bond acceptors (Lipinski definition) is 4. The van der Waals surface area contributed by atoms with Crippen LogP contribution in [0, 0.1) is 5.92 Å². The molecule has 0 amide bonds. The summed E-state index contributed by atoms with van der Waals surface area (Å²) in [5.41, 5.74) is 1.39. The quantitative estimate of drug-likeness (QED) is 0.828. The molecule has 1 aromatic carbocycles. The minimum atomic E-state index is 0.737. The molecule has 2 aliphatic heterocycles. The van der Waals surface area contributed by atoms with Crippen molar-refractivity contribution in [1.82, 2.24) is 9.80 Å². The monoisotopic (exact) mass is 320 g/mol. The van der Waals surface area contributed by atoms with Gasteiger partial charge in [-0.25, -0.2) is 0 Å². The predicted molar refractivity (Wildman–Crippen MR) is 95.0 cm³/mol. The highest BCUT2D eigenvalue weighted by molar-refractivity contribution is 7.98. The van der Waals surface area contributed by atoms with Crippen LogP contribution >= 0.6 is 11.8 Å². The average Bonchev–Trinajstić information content (AvgIpc) is 2.76. The molecular formula is C18H28N2OS. The molecule has 2 heterocycles. The smallest absolute Gasteiger partial charge is 0.122 e. The van der Waals surface area contributed by atoms with Gasteiger partial charge in [0.1, 0.15) is 5.75 Å². The predicted octanol–water partition coefficient (Wildman–Crippen LogP) is 2.61. The molecule has 0 saturated carbocycles. The summed E-state index contributed by atoms with van der Waals surface area (Å²) in [4.78, 5) is 5.27. The normalized spacial score (nSPS) is 23.6. The van der Waals surface area contributed by atoms with E-state index in [1.807, 2.05) is 11.8 Å². The zero-order valence-corrected chi connectivity index (χ0v) is 14.5. The lowest BCUT2D eigenvalue weighted by molar-refractivity contribution is 0.118. The van der Waals surface area contributed by atoms with Crippen molar-refractivity contribution in [2.24, 2.45) is 5.92 Å². The van der Waals surface area contributed by atoms with Crippen LogP contribution in [0.25, 0.3) is 0 Å². The molecule has 1 fully saturated rings. The number of para-hydroxylation sites is 1. The lowest BCUT2D eigenvalue weighted by Gasteiger charge is -2.36. The highest BCUT2D eigenvalue weighted by Gasteiger charge is 2.22. The van der Waals surface area contributed by atoms with Gasteiger partial charge in [-0.3, -0.25) is 4.90 Å². The van der Waals surface area contributed by atoms with Gasteiger partial charge in [-0.05, 0) is 36.6 Å². The molecule has 1 saturated heterocycles. The minimum absolute atomic E-state index is 0.737. The molecule has 0 unspecified atom stereocenters. The van der Waals surface area contributed by atoms with Gasteiger partial charge < -0.3 is 9.64 Å². The average molecular weight is 321 g/mol. The maximum absolute atomic E-state index is 5.90. The molecule has 0 radical (unpaired) electrons. The summed E-state index contributed by atoms with van der Waals surface area (Å²) in [6.07, 6.45) is 4.55. The van der Waals surface area contributed by atoms with Gasteiger partial charge in [0.15, 0.2) is 0 Å². The Balaban J connectivity index is 1.48. The van der Waals surface area contributed by atoms with Gasteiger partial charge in [-0.1, -0.05) is 18.2 Å². The summed E-state index contributed by atoms with van der Waals surface area (Å²) in [5, 5.41) is 0. The van der Waals surface area contributed by atoms with Crippen LogP contribution in [-0.2, 0) is 6.42 Å². The highest BCUT2D eigenvalue weighted by Crippen LogP contribution is 2.27. The first-order valence-electron chi connectivity index (χ1n) is 8.49. The topological polar surface area (TPSA) is 15.7 Å².